The zero-order valence-corrected chi connectivity index (χ0v) is 15.7. The second-order valence-corrected chi connectivity index (χ2v) is 7.34. The monoisotopic (exact) mass is 377 g/mol. The van der Waals surface area contributed by atoms with Crippen LogP contribution in [0.2, 0.25) is 5.02 Å². The van der Waals surface area contributed by atoms with Gasteiger partial charge in [-0.2, -0.15) is 0 Å². The molecule has 4 nitrogen and oxygen atoms in total. The molecule has 0 saturated heterocycles. The van der Waals surface area contributed by atoms with Crippen molar-refractivity contribution in [3.8, 4) is 0 Å². The number of halogens is 2. The molecule has 0 aliphatic carbocycles. The topological polar surface area (TPSA) is 55.4 Å². The van der Waals surface area contributed by atoms with Gasteiger partial charge >= 0.3 is 5.97 Å². The third-order valence-electron chi connectivity index (χ3n) is 3.79. The lowest BCUT2D eigenvalue weighted by molar-refractivity contribution is -0.124. The highest BCUT2D eigenvalue weighted by Crippen LogP contribution is 2.22. The number of carbonyl (C=O) groups is 2. The lowest BCUT2D eigenvalue weighted by Gasteiger charge is -2.18. The molecule has 0 spiro atoms. The average Bonchev–Trinajstić information content (AvgIpc) is 2.60. The Morgan fingerprint density at radius 2 is 1.77 bits per heavy atom. The van der Waals surface area contributed by atoms with E-state index in [0.29, 0.717) is 11.1 Å². The largest absolute Gasteiger partial charge is 0.452 e. The summed E-state index contributed by atoms with van der Waals surface area (Å²) in [7, 11) is 0. The standard InChI is InChI=1S/C20H21ClFNO3/c1-20(2,3)15-7-5-14(6-8-15)19(25)26-12-18(24)23-11-13-4-9-17(22)16(21)10-13/h4-10H,11-12H2,1-3H3,(H,23,24). The van der Waals surface area contributed by atoms with Crippen molar-refractivity contribution in [1.82, 2.24) is 5.32 Å². The van der Waals surface area contributed by atoms with Gasteiger partial charge in [0.1, 0.15) is 5.82 Å². The number of benzene rings is 2. The Balaban J connectivity index is 1.82. The summed E-state index contributed by atoms with van der Waals surface area (Å²) in [5.74, 6) is -1.54. The second-order valence-electron chi connectivity index (χ2n) is 6.93. The number of esters is 1. The number of nitrogens with one attached hydrogen (secondary N) is 1. The van der Waals surface area contributed by atoms with Crippen LogP contribution in [0, 0.1) is 5.82 Å². The van der Waals surface area contributed by atoms with E-state index in [1.165, 1.54) is 18.2 Å². The van der Waals surface area contributed by atoms with Gasteiger partial charge in [-0.25, -0.2) is 9.18 Å². The first-order chi connectivity index (χ1) is 12.2. The van der Waals surface area contributed by atoms with Crippen LogP contribution in [0.25, 0.3) is 0 Å². The summed E-state index contributed by atoms with van der Waals surface area (Å²) in [5, 5.41) is 2.57. The van der Waals surface area contributed by atoms with Gasteiger partial charge < -0.3 is 10.1 Å². The highest BCUT2D eigenvalue weighted by atomic mass is 35.5. The van der Waals surface area contributed by atoms with Gasteiger partial charge in [-0.1, -0.05) is 50.6 Å². The van der Waals surface area contributed by atoms with Gasteiger partial charge in [0, 0.05) is 6.54 Å². The van der Waals surface area contributed by atoms with Gasteiger partial charge in [-0.3, -0.25) is 4.79 Å². The SMILES string of the molecule is CC(C)(C)c1ccc(C(=O)OCC(=O)NCc2ccc(F)c(Cl)c2)cc1. The van der Waals surface area contributed by atoms with E-state index in [0.717, 1.165) is 5.56 Å². The van der Waals surface area contributed by atoms with Gasteiger partial charge in [0.15, 0.2) is 6.61 Å². The Kier molecular flexibility index (Phi) is 6.37. The van der Waals surface area contributed by atoms with Crippen LogP contribution in [0.5, 0.6) is 0 Å². The van der Waals surface area contributed by atoms with E-state index in [2.05, 4.69) is 26.1 Å². The molecule has 0 heterocycles. The van der Waals surface area contributed by atoms with Gasteiger partial charge in [-0.05, 0) is 40.8 Å². The van der Waals surface area contributed by atoms with E-state index in [1.807, 2.05) is 12.1 Å². The summed E-state index contributed by atoms with van der Waals surface area (Å²) in [4.78, 5) is 23.8. The van der Waals surface area contributed by atoms with Crippen LogP contribution in [0.3, 0.4) is 0 Å². The van der Waals surface area contributed by atoms with Crippen LogP contribution >= 0.6 is 11.6 Å². The Bertz CT molecular complexity index is 798. The number of carbonyl (C=O) groups excluding carboxylic acids is 2. The van der Waals surface area contributed by atoms with Gasteiger partial charge in [0.2, 0.25) is 0 Å². The summed E-state index contributed by atoms with van der Waals surface area (Å²) in [6, 6.07) is 11.3. The first kappa shape index (κ1) is 19.9. The molecular formula is C20H21ClFNO3. The normalized spacial score (nSPS) is 11.1. The molecular weight excluding hydrogens is 357 g/mol. The minimum Gasteiger partial charge on any atom is -0.452 e. The van der Waals surface area contributed by atoms with Crippen molar-refractivity contribution in [3.05, 3.63) is 70.0 Å². The zero-order valence-electron chi connectivity index (χ0n) is 14.9. The van der Waals surface area contributed by atoms with E-state index in [1.54, 1.807) is 12.1 Å². The first-order valence-electron chi connectivity index (χ1n) is 8.15. The number of ether oxygens (including phenoxy) is 1. The minimum absolute atomic E-state index is 0.00836. The smallest absolute Gasteiger partial charge is 0.338 e. The molecule has 0 saturated carbocycles. The molecule has 1 amide bonds. The van der Waals surface area contributed by atoms with Crippen molar-refractivity contribution in [1.29, 1.82) is 0 Å². The van der Waals surface area contributed by atoms with Crippen molar-refractivity contribution >= 4 is 23.5 Å². The number of hydrogen-bond acceptors (Lipinski definition) is 3. The summed E-state index contributed by atoms with van der Waals surface area (Å²) in [6.45, 7) is 6.02. The fourth-order valence-electron chi connectivity index (χ4n) is 2.22. The Labute approximate surface area is 157 Å². The molecule has 2 aromatic rings. The average molecular weight is 378 g/mol. The lowest BCUT2D eigenvalue weighted by atomic mass is 9.87. The van der Waals surface area contributed by atoms with E-state index in [9.17, 15) is 14.0 Å². The third-order valence-corrected chi connectivity index (χ3v) is 4.08. The van der Waals surface area contributed by atoms with Crippen molar-refractivity contribution < 1.29 is 18.7 Å². The summed E-state index contributed by atoms with van der Waals surface area (Å²) < 4.78 is 18.1. The fraction of sp³-hybridized carbons (Fsp3) is 0.300. The van der Waals surface area contributed by atoms with Crippen molar-refractivity contribution in [2.45, 2.75) is 32.7 Å². The van der Waals surface area contributed by atoms with Gasteiger partial charge in [-0.15, -0.1) is 0 Å². The van der Waals surface area contributed by atoms with Crippen LogP contribution in [0.1, 0.15) is 42.3 Å². The van der Waals surface area contributed by atoms with E-state index in [-0.39, 0.29) is 17.0 Å². The predicted molar refractivity (Wildman–Crippen MR) is 98.7 cm³/mol. The maximum atomic E-state index is 13.1. The molecule has 0 aliphatic rings. The van der Waals surface area contributed by atoms with Crippen molar-refractivity contribution in [3.63, 3.8) is 0 Å². The molecule has 0 radical (unpaired) electrons. The molecule has 0 unspecified atom stereocenters. The molecule has 0 aliphatic heterocycles. The minimum atomic E-state index is -0.564. The van der Waals surface area contributed by atoms with Crippen molar-refractivity contribution in [2.75, 3.05) is 6.61 Å². The maximum absolute atomic E-state index is 13.1. The zero-order chi connectivity index (χ0) is 19.3. The molecule has 0 aromatic heterocycles. The molecule has 6 heteroatoms. The summed E-state index contributed by atoms with van der Waals surface area (Å²) >= 11 is 5.68. The highest BCUT2D eigenvalue weighted by molar-refractivity contribution is 6.30. The van der Waals surface area contributed by atoms with Crippen LogP contribution in [-0.4, -0.2) is 18.5 Å². The van der Waals surface area contributed by atoms with Crippen LogP contribution < -0.4 is 5.32 Å². The molecule has 1 N–H and O–H groups in total. The quantitative estimate of drug-likeness (QED) is 0.792. The number of amides is 1. The molecule has 138 valence electrons. The van der Waals surface area contributed by atoms with Crippen LogP contribution in [0.15, 0.2) is 42.5 Å². The Morgan fingerprint density at radius 1 is 1.12 bits per heavy atom. The predicted octanol–water partition coefficient (Wildman–Crippen LogP) is 4.25. The summed E-state index contributed by atoms with van der Waals surface area (Å²) in [5.41, 5.74) is 2.13. The van der Waals surface area contributed by atoms with Crippen LogP contribution in [0.4, 0.5) is 4.39 Å². The molecule has 2 aromatic carbocycles. The second kappa shape index (κ2) is 8.32. The number of hydrogen-bond donors (Lipinski definition) is 1. The van der Waals surface area contributed by atoms with Crippen molar-refractivity contribution in [2.24, 2.45) is 0 Å². The lowest BCUT2D eigenvalue weighted by Crippen LogP contribution is -2.28. The van der Waals surface area contributed by atoms with Gasteiger partial charge in [0.05, 0.1) is 10.6 Å². The summed E-state index contributed by atoms with van der Waals surface area (Å²) in [6.07, 6.45) is 0. The molecule has 2 rings (SSSR count). The van der Waals surface area contributed by atoms with E-state index in [4.69, 9.17) is 16.3 Å². The maximum Gasteiger partial charge on any atom is 0.338 e. The third kappa shape index (κ3) is 5.56. The molecule has 26 heavy (non-hydrogen) atoms. The van der Waals surface area contributed by atoms with Gasteiger partial charge in [0.25, 0.3) is 5.91 Å². The first-order valence-corrected chi connectivity index (χ1v) is 8.53. The van der Waals surface area contributed by atoms with Crippen LogP contribution in [-0.2, 0) is 21.5 Å². The van der Waals surface area contributed by atoms with E-state index >= 15 is 0 Å². The highest BCUT2D eigenvalue weighted by Gasteiger charge is 2.15. The fourth-order valence-corrected chi connectivity index (χ4v) is 2.43. The van der Waals surface area contributed by atoms with E-state index < -0.39 is 24.3 Å². The molecule has 0 atom stereocenters. The molecule has 0 fully saturated rings. The Morgan fingerprint density at radius 3 is 2.35 bits per heavy atom. The molecule has 0 bridgehead atoms. The number of rotatable bonds is 5. The Hall–Kier alpha value is -2.40.